The predicted molar refractivity (Wildman–Crippen MR) is 77.8 cm³/mol. The Bertz CT molecular complexity index is 409. The molecular formula is C14H25N3O4. The number of hydrogen-bond acceptors (Lipinski definition) is 4. The minimum atomic E-state index is -0.928. The average molecular weight is 299 g/mol. The highest BCUT2D eigenvalue weighted by molar-refractivity contribution is 5.95. The van der Waals surface area contributed by atoms with Crippen LogP contribution in [0.1, 0.15) is 40.0 Å². The molecule has 1 unspecified atom stereocenters. The van der Waals surface area contributed by atoms with E-state index in [0.717, 1.165) is 19.3 Å². The van der Waals surface area contributed by atoms with Crippen molar-refractivity contribution >= 4 is 17.9 Å². The number of aliphatic carboxylic acids is 1. The van der Waals surface area contributed by atoms with E-state index in [-0.39, 0.29) is 6.54 Å². The predicted octanol–water partition coefficient (Wildman–Crippen LogP) is 0.797. The lowest BCUT2D eigenvalue weighted by molar-refractivity contribution is -0.151. The van der Waals surface area contributed by atoms with E-state index in [1.165, 1.54) is 0 Å². The van der Waals surface area contributed by atoms with Crippen LogP contribution in [-0.4, -0.2) is 53.6 Å². The lowest BCUT2D eigenvalue weighted by Gasteiger charge is -2.43. The van der Waals surface area contributed by atoms with E-state index in [4.69, 9.17) is 0 Å². The summed E-state index contributed by atoms with van der Waals surface area (Å²) in [6.07, 6.45) is 2.42. The fourth-order valence-corrected chi connectivity index (χ4v) is 2.79. The fraction of sp³-hybridized carbons (Fsp3) is 0.786. The van der Waals surface area contributed by atoms with Gasteiger partial charge in [-0.2, -0.15) is 0 Å². The summed E-state index contributed by atoms with van der Waals surface area (Å²) < 4.78 is 0. The van der Waals surface area contributed by atoms with Gasteiger partial charge in [0.1, 0.15) is 6.04 Å². The van der Waals surface area contributed by atoms with Crippen LogP contribution in [0.5, 0.6) is 0 Å². The highest BCUT2D eigenvalue weighted by Crippen LogP contribution is 2.35. The standard InChI is InChI=1S/C14H25N3O4/c1-4-7-15-13(21)16-10(18)9-17-8-5-6-14(2,3)11(17)12(19)20/h11H,4-9H2,1-3H3,(H,19,20)(H2,15,16,18,21). The number of urea groups is 1. The van der Waals surface area contributed by atoms with Crippen molar-refractivity contribution in [1.82, 2.24) is 15.5 Å². The van der Waals surface area contributed by atoms with Crippen LogP contribution in [0.25, 0.3) is 0 Å². The molecule has 7 nitrogen and oxygen atoms in total. The Balaban J connectivity index is 2.61. The van der Waals surface area contributed by atoms with Crippen molar-refractivity contribution < 1.29 is 19.5 Å². The number of amides is 3. The molecule has 0 radical (unpaired) electrons. The molecule has 0 spiro atoms. The van der Waals surface area contributed by atoms with Crippen LogP contribution in [0.4, 0.5) is 4.79 Å². The third-order valence-corrected chi connectivity index (χ3v) is 3.74. The average Bonchev–Trinajstić information content (AvgIpc) is 2.34. The molecule has 1 aliphatic rings. The quantitative estimate of drug-likeness (QED) is 0.697. The Morgan fingerprint density at radius 3 is 2.57 bits per heavy atom. The first-order valence-electron chi connectivity index (χ1n) is 7.32. The van der Waals surface area contributed by atoms with Gasteiger partial charge in [0, 0.05) is 6.54 Å². The largest absolute Gasteiger partial charge is 0.480 e. The van der Waals surface area contributed by atoms with Crippen molar-refractivity contribution in [1.29, 1.82) is 0 Å². The Morgan fingerprint density at radius 2 is 2.00 bits per heavy atom. The van der Waals surface area contributed by atoms with Crippen LogP contribution >= 0.6 is 0 Å². The number of rotatable bonds is 5. The van der Waals surface area contributed by atoms with Crippen molar-refractivity contribution in [3.8, 4) is 0 Å². The molecule has 21 heavy (non-hydrogen) atoms. The van der Waals surface area contributed by atoms with Gasteiger partial charge in [-0.3, -0.25) is 19.8 Å². The highest BCUT2D eigenvalue weighted by atomic mass is 16.4. The van der Waals surface area contributed by atoms with Gasteiger partial charge >= 0.3 is 12.0 Å². The third-order valence-electron chi connectivity index (χ3n) is 3.74. The van der Waals surface area contributed by atoms with Gasteiger partial charge in [0.15, 0.2) is 0 Å². The molecule has 0 saturated carbocycles. The number of piperidine rings is 1. The molecule has 0 aromatic carbocycles. The molecule has 7 heteroatoms. The third kappa shape index (κ3) is 5.00. The normalized spacial score (nSPS) is 21.6. The molecule has 1 atom stereocenters. The molecule has 3 amide bonds. The summed E-state index contributed by atoms with van der Waals surface area (Å²) in [4.78, 5) is 36.4. The van der Waals surface area contributed by atoms with Gasteiger partial charge in [-0.1, -0.05) is 20.8 Å². The van der Waals surface area contributed by atoms with Crippen molar-refractivity contribution in [2.45, 2.75) is 46.1 Å². The first-order valence-corrected chi connectivity index (χ1v) is 7.32. The van der Waals surface area contributed by atoms with Crippen LogP contribution in [0.2, 0.25) is 0 Å². The van der Waals surface area contributed by atoms with Crippen molar-refractivity contribution in [2.24, 2.45) is 5.41 Å². The smallest absolute Gasteiger partial charge is 0.321 e. The number of carboxylic acid groups (broad SMARTS) is 1. The van der Waals surface area contributed by atoms with Crippen LogP contribution in [0.15, 0.2) is 0 Å². The number of carbonyl (C=O) groups excluding carboxylic acids is 2. The van der Waals surface area contributed by atoms with Crippen molar-refractivity contribution in [2.75, 3.05) is 19.6 Å². The summed E-state index contributed by atoms with van der Waals surface area (Å²) in [5.74, 6) is -1.41. The lowest BCUT2D eigenvalue weighted by atomic mass is 9.76. The lowest BCUT2D eigenvalue weighted by Crippen LogP contribution is -2.57. The first kappa shape index (κ1) is 17.4. The second-order valence-electron chi connectivity index (χ2n) is 6.11. The molecule has 0 aromatic heterocycles. The second-order valence-corrected chi connectivity index (χ2v) is 6.11. The number of nitrogens with one attached hydrogen (secondary N) is 2. The van der Waals surface area contributed by atoms with Crippen LogP contribution in [0, 0.1) is 5.41 Å². The minimum Gasteiger partial charge on any atom is -0.480 e. The summed E-state index contributed by atoms with van der Waals surface area (Å²) in [5, 5.41) is 14.2. The molecule has 1 heterocycles. The maximum atomic E-state index is 11.9. The molecule has 0 aliphatic carbocycles. The van der Waals surface area contributed by atoms with Gasteiger partial charge < -0.3 is 10.4 Å². The zero-order chi connectivity index (χ0) is 16.0. The summed E-state index contributed by atoms with van der Waals surface area (Å²) in [5.41, 5.74) is -0.394. The zero-order valence-corrected chi connectivity index (χ0v) is 12.9. The van der Waals surface area contributed by atoms with Gasteiger partial charge in [-0.05, 0) is 31.2 Å². The first-order chi connectivity index (χ1) is 9.77. The molecule has 120 valence electrons. The minimum absolute atomic E-state index is 0.0834. The van der Waals surface area contributed by atoms with E-state index in [1.54, 1.807) is 4.90 Å². The van der Waals surface area contributed by atoms with E-state index in [0.29, 0.717) is 13.1 Å². The second kappa shape index (κ2) is 7.40. The summed E-state index contributed by atoms with van der Waals surface area (Å²) >= 11 is 0. The van der Waals surface area contributed by atoms with Crippen molar-refractivity contribution in [3.63, 3.8) is 0 Å². The number of hydrogen-bond donors (Lipinski definition) is 3. The number of likely N-dealkylation sites (tertiary alicyclic amines) is 1. The Kier molecular flexibility index (Phi) is 6.14. The summed E-state index contributed by atoms with van der Waals surface area (Å²) in [6.45, 7) is 6.65. The molecule has 3 N–H and O–H groups in total. The zero-order valence-electron chi connectivity index (χ0n) is 12.9. The van der Waals surface area contributed by atoms with Gasteiger partial charge in [-0.25, -0.2) is 4.79 Å². The molecule has 0 aromatic rings. The van der Waals surface area contributed by atoms with Gasteiger partial charge in [-0.15, -0.1) is 0 Å². The maximum Gasteiger partial charge on any atom is 0.321 e. The SMILES string of the molecule is CCCNC(=O)NC(=O)CN1CCCC(C)(C)C1C(=O)O. The van der Waals surface area contributed by atoms with E-state index in [1.807, 2.05) is 20.8 Å². The van der Waals surface area contributed by atoms with Gasteiger partial charge in [0.25, 0.3) is 0 Å². The molecule has 1 aliphatic heterocycles. The summed E-state index contributed by atoms with van der Waals surface area (Å²) in [7, 11) is 0. The Labute approximate surface area is 125 Å². The van der Waals surface area contributed by atoms with Crippen LogP contribution in [0.3, 0.4) is 0 Å². The molecule has 1 fully saturated rings. The van der Waals surface area contributed by atoms with Gasteiger partial charge in [0.05, 0.1) is 6.54 Å². The molecule has 1 saturated heterocycles. The molecular weight excluding hydrogens is 274 g/mol. The molecule has 0 bridgehead atoms. The van der Waals surface area contributed by atoms with Crippen molar-refractivity contribution in [3.05, 3.63) is 0 Å². The number of carboxylic acids is 1. The number of imide groups is 1. The number of carbonyl (C=O) groups is 3. The van der Waals surface area contributed by atoms with E-state index < -0.39 is 29.4 Å². The fourth-order valence-electron chi connectivity index (χ4n) is 2.79. The maximum absolute atomic E-state index is 11.9. The Morgan fingerprint density at radius 1 is 1.33 bits per heavy atom. The summed E-state index contributed by atoms with van der Waals surface area (Å²) in [6, 6.07) is -1.25. The van der Waals surface area contributed by atoms with Gasteiger partial charge in [0.2, 0.25) is 5.91 Å². The van der Waals surface area contributed by atoms with E-state index in [9.17, 15) is 19.5 Å². The Hall–Kier alpha value is -1.63. The monoisotopic (exact) mass is 299 g/mol. The van der Waals surface area contributed by atoms with Crippen LogP contribution < -0.4 is 10.6 Å². The van der Waals surface area contributed by atoms with E-state index in [2.05, 4.69) is 10.6 Å². The molecule has 1 rings (SSSR count). The number of nitrogens with zero attached hydrogens (tertiary/aromatic N) is 1. The van der Waals surface area contributed by atoms with E-state index >= 15 is 0 Å². The van der Waals surface area contributed by atoms with Crippen LogP contribution in [-0.2, 0) is 9.59 Å². The highest BCUT2D eigenvalue weighted by Gasteiger charge is 2.42. The topological polar surface area (TPSA) is 98.7 Å².